The quantitative estimate of drug-likeness (QED) is 0.688. The van der Waals surface area contributed by atoms with Crippen molar-refractivity contribution in [2.24, 2.45) is 5.73 Å². The smallest absolute Gasteiger partial charge is 0.122 e. The molecule has 0 saturated heterocycles. The van der Waals surface area contributed by atoms with Gasteiger partial charge in [-0.2, -0.15) is 0 Å². The molecule has 3 heteroatoms. The first-order valence-electron chi connectivity index (χ1n) is 5.83. The number of ether oxygens (including phenoxy) is 1. The number of methoxy groups -OCH3 is 1. The predicted molar refractivity (Wildman–Crippen MR) is 67.8 cm³/mol. The highest BCUT2D eigenvalue weighted by Gasteiger charge is 2.06. The van der Waals surface area contributed by atoms with Crippen LogP contribution in [-0.4, -0.2) is 26.2 Å². The number of benzene rings is 1. The van der Waals surface area contributed by atoms with Crippen molar-refractivity contribution in [3.8, 4) is 5.75 Å². The fraction of sp³-hybridized carbons (Fsp3) is 0.538. The van der Waals surface area contributed by atoms with Gasteiger partial charge in [-0.3, -0.25) is 0 Å². The van der Waals surface area contributed by atoms with E-state index in [1.165, 1.54) is 5.56 Å². The van der Waals surface area contributed by atoms with Gasteiger partial charge >= 0.3 is 0 Å². The number of para-hydroxylation sites is 1. The lowest BCUT2D eigenvalue weighted by atomic mass is 10.1. The van der Waals surface area contributed by atoms with Crippen molar-refractivity contribution in [3.05, 3.63) is 29.8 Å². The van der Waals surface area contributed by atoms with Crippen molar-refractivity contribution in [2.75, 3.05) is 20.2 Å². The topological polar surface area (TPSA) is 47.3 Å². The molecular weight excluding hydrogens is 200 g/mol. The molecule has 0 radical (unpaired) electrons. The highest BCUT2D eigenvalue weighted by molar-refractivity contribution is 5.33. The summed E-state index contributed by atoms with van der Waals surface area (Å²) in [6.45, 7) is 3.91. The molecule has 3 nitrogen and oxygen atoms in total. The average Bonchev–Trinajstić information content (AvgIpc) is 2.30. The van der Waals surface area contributed by atoms with Crippen LogP contribution in [-0.2, 0) is 6.42 Å². The first-order valence-corrected chi connectivity index (χ1v) is 5.83. The van der Waals surface area contributed by atoms with Crippen LogP contribution in [0.1, 0.15) is 18.9 Å². The zero-order chi connectivity index (χ0) is 11.8. The fourth-order valence-electron chi connectivity index (χ4n) is 1.72. The van der Waals surface area contributed by atoms with Gasteiger partial charge in [0.15, 0.2) is 0 Å². The minimum atomic E-state index is 0.447. The fourth-order valence-corrected chi connectivity index (χ4v) is 1.72. The molecule has 16 heavy (non-hydrogen) atoms. The SMILES string of the molecule is COc1ccccc1CC(C)NCCCN. The van der Waals surface area contributed by atoms with Crippen LogP contribution in [0.2, 0.25) is 0 Å². The number of hydrogen-bond acceptors (Lipinski definition) is 3. The Labute approximate surface area is 98.0 Å². The summed E-state index contributed by atoms with van der Waals surface area (Å²) in [5.41, 5.74) is 6.70. The summed E-state index contributed by atoms with van der Waals surface area (Å²) < 4.78 is 5.32. The van der Waals surface area contributed by atoms with E-state index in [9.17, 15) is 0 Å². The summed E-state index contributed by atoms with van der Waals surface area (Å²) in [4.78, 5) is 0. The molecule has 3 N–H and O–H groups in total. The summed E-state index contributed by atoms with van der Waals surface area (Å²) in [5.74, 6) is 0.968. The maximum atomic E-state index is 5.45. The second kappa shape index (κ2) is 7.25. The van der Waals surface area contributed by atoms with Crippen molar-refractivity contribution >= 4 is 0 Å². The van der Waals surface area contributed by atoms with Gasteiger partial charge in [-0.1, -0.05) is 18.2 Å². The zero-order valence-electron chi connectivity index (χ0n) is 10.2. The van der Waals surface area contributed by atoms with E-state index in [-0.39, 0.29) is 0 Å². The highest BCUT2D eigenvalue weighted by atomic mass is 16.5. The van der Waals surface area contributed by atoms with Gasteiger partial charge in [-0.15, -0.1) is 0 Å². The summed E-state index contributed by atoms with van der Waals surface area (Å²) >= 11 is 0. The molecule has 0 aliphatic carbocycles. The van der Waals surface area contributed by atoms with Crippen molar-refractivity contribution in [3.63, 3.8) is 0 Å². The third kappa shape index (κ3) is 4.21. The van der Waals surface area contributed by atoms with Gasteiger partial charge < -0.3 is 15.8 Å². The van der Waals surface area contributed by atoms with Gasteiger partial charge in [0.1, 0.15) is 5.75 Å². The summed E-state index contributed by atoms with van der Waals surface area (Å²) in [7, 11) is 1.71. The maximum Gasteiger partial charge on any atom is 0.122 e. The molecule has 0 spiro atoms. The molecule has 1 rings (SSSR count). The van der Waals surface area contributed by atoms with Crippen LogP contribution in [0.3, 0.4) is 0 Å². The molecule has 0 fully saturated rings. The summed E-state index contributed by atoms with van der Waals surface area (Å²) in [6.07, 6.45) is 2.00. The minimum absolute atomic E-state index is 0.447. The van der Waals surface area contributed by atoms with Crippen LogP contribution in [0.4, 0.5) is 0 Å². The van der Waals surface area contributed by atoms with Crippen LogP contribution in [0, 0.1) is 0 Å². The molecule has 0 amide bonds. The van der Waals surface area contributed by atoms with Gasteiger partial charge in [0, 0.05) is 6.04 Å². The molecule has 1 atom stereocenters. The lowest BCUT2D eigenvalue weighted by molar-refractivity contribution is 0.406. The first kappa shape index (κ1) is 13.0. The number of hydrogen-bond donors (Lipinski definition) is 2. The molecule has 1 aromatic carbocycles. The number of nitrogens with one attached hydrogen (secondary N) is 1. The first-order chi connectivity index (χ1) is 7.77. The Kier molecular flexibility index (Phi) is 5.90. The van der Waals surface area contributed by atoms with Crippen molar-refractivity contribution in [1.82, 2.24) is 5.32 Å². The predicted octanol–water partition coefficient (Wildman–Crippen LogP) is 1.56. The van der Waals surface area contributed by atoms with Gasteiger partial charge in [-0.05, 0) is 44.5 Å². The van der Waals surface area contributed by atoms with E-state index in [4.69, 9.17) is 10.5 Å². The number of nitrogens with two attached hydrogens (primary N) is 1. The summed E-state index contributed by atoms with van der Waals surface area (Å²) in [6, 6.07) is 8.60. The third-order valence-corrected chi connectivity index (χ3v) is 2.59. The van der Waals surface area contributed by atoms with Gasteiger partial charge in [0.25, 0.3) is 0 Å². The van der Waals surface area contributed by atoms with E-state index >= 15 is 0 Å². The molecule has 0 aromatic heterocycles. The lowest BCUT2D eigenvalue weighted by Crippen LogP contribution is -2.30. The van der Waals surface area contributed by atoms with Crippen LogP contribution >= 0.6 is 0 Å². The molecule has 90 valence electrons. The third-order valence-electron chi connectivity index (χ3n) is 2.59. The molecular formula is C13H22N2O. The Morgan fingerprint density at radius 2 is 2.12 bits per heavy atom. The number of rotatable bonds is 7. The standard InChI is InChI=1S/C13H22N2O/c1-11(15-9-5-8-14)10-12-6-3-4-7-13(12)16-2/h3-4,6-7,11,15H,5,8-10,14H2,1-2H3. The van der Waals surface area contributed by atoms with E-state index in [2.05, 4.69) is 18.3 Å². The van der Waals surface area contributed by atoms with E-state index < -0.39 is 0 Å². The second-order valence-electron chi connectivity index (χ2n) is 4.01. The van der Waals surface area contributed by atoms with E-state index in [0.717, 1.165) is 31.7 Å². The van der Waals surface area contributed by atoms with E-state index in [1.807, 2.05) is 18.2 Å². The van der Waals surface area contributed by atoms with Gasteiger partial charge in [0.2, 0.25) is 0 Å². The van der Waals surface area contributed by atoms with E-state index in [1.54, 1.807) is 7.11 Å². The normalized spacial score (nSPS) is 12.4. The average molecular weight is 222 g/mol. The Hall–Kier alpha value is -1.06. The van der Waals surface area contributed by atoms with Gasteiger partial charge in [-0.25, -0.2) is 0 Å². The van der Waals surface area contributed by atoms with Gasteiger partial charge in [0.05, 0.1) is 7.11 Å². The van der Waals surface area contributed by atoms with Crippen molar-refractivity contribution in [1.29, 1.82) is 0 Å². The Bertz CT molecular complexity index is 302. The monoisotopic (exact) mass is 222 g/mol. The molecule has 0 aliphatic rings. The van der Waals surface area contributed by atoms with Crippen molar-refractivity contribution < 1.29 is 4.74 Å². The Morgan fingerprint density at radius 1 is 1.38 bits per heavy atom. The maximum absolute atomic E-state index is 5.45. The van der Waals surface area contributed by atoms with E-state index in [0.29, 0.717) is 6.04 Å². The molecule has 0 heterocycles. The molecule has 0 bridgehead atoms. The minimum Gasteiger partial charge on any atom is -0.496 e. The zero-order valence-corrected chi connectivity index (χ0v) is 10.2. The summed E-state index contributed by atoms with van der Waals surface area (Å²) in [5, 5.41) is 3.45. The Morgan fingerprint density at radius 3 is 2.81 bits per heavy atom. The van der Waals surface area contributed by atoms with Crippen LogP contribution in [0.5, 0.6) is 5.75 Å². The molecule has 1 unspecified atom stereocenters. The highest BCUT2D eigenvalue weighted by Crippen LogP contribution is 2.18. The van der Waals surface area contributed by atoms with Crippen LogP contribution < -0.4 is 15.8 Å². The van der Waals surface area contributed by atoms with Crippen LogP contribution in [0.15, 0.2) is 24.3 Å². The second-order valence-corrected chi connectivity index (χ2v) is 4.01. The molecule has 1 aromatic rings. The largest absolute Gasteiger partial charge is 0.496 e. The van der Waals surface area contributed by atoms with Crippen molar-refractivity contribution in [2.45, 2.75) is 25.8 Å². The molecule has 0 saturated carbocycles. The molecule has 0 aliphatic heterocycles. The lowest BCUT2D eigenvalue weighted by Gasteiger charge is -2.15. The van der Waals surface area contributed by atoms with Crippen LogP contribution in [0.25, 0.3) is 0 Å². The Balaban J connectivity index is 2.45.